The highest BCUT2D eigenvalue weighted by atomic mass is 32.2. The molecule has 1 aromatic rings. The van der Waals surface area contributed by atoms with Crippen molar-refractivity contribution in [3.8, 4) is 0 Å². The van der Waals surface area contributed by atoms with Gasteiger partial charge >= 0.3 is 0 Å². The highest BCUT2D eigenvalue weighted by molar-refractivity contribution is 7.92. The maximum Gasteiger partial charge on any atom is 0.184 e. The van der Waals surface area contributed by atoms with E-state index in [2.05, 4.69) is 4.98 Å². The van der Waals surface area contributed by atoms with Gasteiger partial charge in [0.05, 0.1) is 16.7 Å². The molecule has 3 rings (SSSR count). The fourth-order valence-corrected chi connectivity index (χ4v) is 5.89. The third kappa shape index (κ3) is 2.26. The molecule has 2 aliphatic heterocycles. The van der Waals surface area contributed by atoms with E-state index in [-0.39, 0.29) is 27.9 Å². The number of fused-ring (bicyclic) bond motifs is 2. The van der Waals surface area contributed by atoms with Crippen LogP contribution in [0.15, 0.2) is 18.3 Å². The summed E-state index contributed by atoms with van der Waals surface area (Å²) in [7, 11) is -3.05. The van der Waals surface area contributed by atoms with Crippen LogP contribution in [0.2, 0.25) is 0 Å². The number of hydrogen-bond donors (Lipinski definition) is 0. The van der Waals surface area contributed by atoms with Crippen molar-refractivity contribution in [3.63, 3.8) is 0 Å². The quantitative estimate of drug-likeness (QED) is 0.785. The minimum Gasteiger partial charge on any atom is -0.292 e. The van der Waals surface area contributed by atoms with Crippen molar-refractivity contribution in [1.29, 1.82) is 0 Å². The van der Waals surface area contributed by atoms with Crippen LogP contribution in [-0.4, -0.2) is 29.7 Å². The minimum atomic E-state index is -3.05. The van der Waals surface area contributed by atoms with E-state index in [0.717, 1.165) is 12.6 Å². The molecular weight excluding hydrogens is 281 g/mol. The molecule has 0 spiro atoms. The Balaban J connectivity index is 1.82. The highest BCUT2D eigenvalue weighted by Gasteiger charge is 2.46. The Kier molecular flexibility index (Phi) is 3.36. The molecule has 1 aromatic heterocycles. The predicted molar refractivity (Wildman–Crippen MR) is 71.6 cm³/mol. The lowest BCUT2D eigenvalue weighted by molar-refractivity contribution is 0.0888. The second-order valence-corrected chi connectivity index (χ2v) is 8.17. The molecule has 2 bridgehead atoms. The Morgan fingerprint density at radius 3 is 2.40 bits per heavy atom. The van der Waals surface area contributed by atoms with E-state index in [1.165, 1.54) is 12.1 Å². The smallest absolute Gasteiger partial charge is 0.184 e. The molecule has 20 heavy (non-hydrogen) atoms. The molecule has 0 saturated carbocycles. The van der Waals surface area contributed by atoms with Crippen LogP contribution in [0, 0.1) is 11.7 Å². The van der Waals surface area contributed by atoms with E-state index in [9.17, 15) is 17.6 Å². The van der Waals surface area contributed by atoms with E-state index in [4.69, 9.17) is 0 Å². The average molecular weight is 297 g/mol. The van der Waals surface area contributed by atoms with Gasteiger partial charge in [0.1, 0.15) is 11.5 Å². The van der Waals surface area contributed by atoms with Crippen LogP contribution in [-0.2, 0) is 9.84 Å². The molecule has 0 radical (unpaired) electrons. The number of pyridine rings is 1. The van der Waals surface area contributed by atoms with Gasteiger partial charge < -0.3 is 0 Å². The summed E-state index contributed by atoms with van der Waals surface area (Å²) in [6.45, 7) is 0. The number of aromatic nitrogens is 1. The van der Waals surface area contributed by atoms with Gasteiger partial charge in [-0.25, -0.2) is 12.8 Å². The predicted octanol–water partition coefficient (Wildman–Crippen LogP) is 2.15. The molecule has 2 unspecified atom stereocenters. The van der Waals surface area contributed by atoms with E-state index in [1.807, 2.05) is 0 Å². The van der Waals surface area contributed by atoms with Crippen LogP contribution < -0.4 is 0 Å². The number of carbonyl (C=O) groups is 1. The van der Waals surface area contributed by atoms with Gasteiger partial charge in [-0.15, -0.1) is 0 Å². The lowest BCUT2D eigenvalue weighted by Gasteiger charge is -2.37. The number of ketones is 1. The first-order valence-corrected chi connectivity index (χ1v) is 8.48. The zero-order chi connectivity index (χ0) is 14.3. The number of sulfone groups is 1. The molecule has 3 heterocycles. The summed E-state index contributed by atoms with van der Waals surface area (Å²) in [6, 6.07) is 2.58. The van der Waals surface area contributed by atoms with Gasteiger partial charge in [-0.2, -0.15) is 0 Å². The second kappa shape index (κ2) is 4.91. The van der Waals surface area contributed by atoms with Gasteiger partial charge in [0, 0.05) is 5.92 Å². The van der Waals surface area contributed by atoms with Crippen molar-refractivity contribution in [2.75, 3.05) is 0 Å². The molecule has 0 aromatic carbocycles. The summed E-state index contributed by atoms with van der Waals surface area (Å²) in [5.41, 5.74) is 0.230. The van der Waals surface area contributed by atoms with Crippen molar-refractivity contribution >= 4 is 15.6 Å². The molecule has 4 nitrogen and oxygen atoms in total. The molecular formula is C14H16FNO3S. The van der Waals surface area contributed by atoms with Crippen LogP contribution >= 0.6 is 0 Å². The lowest BCUT2D eigenvalue weighted by atomic mass is 9.85. The fourth-order valence-electron chi connectivity index (χ4n) is 3.35. The van der Waals surface area contributed by atoms with Crippen molar-refractivity contribution in [2.24, 2.45) is 5.92 Å². The van der Waals surface area contributed by atoms with E-state index in [0.29, 0.717) is 25.7 Å². The van der Waals surface area contributed by atoms with Crippen LogP contribution in [0.1, 0.15) is 42.6 Å². The van der Waals surface area contributed by atoms with Crippen LogP contribution in [0.5, 0.6) is 0 Å². The van der Waals surface area contributed by atoms with Crippen molar-refractivity contribution in [3.05, 3.63) is 29.8 Å². The summed E-state index contributed by atoms with van der Waals surface area (Å²) in [4.78, 5) is 16.2. The van der Waals surface area contributed by atoms with Gasteiger partial charge in [0.2, 0.25) is 0 Å². The monoisotopic (exact) mass is 297 g/mol. The third-order valence-electron chi connectivity index (χ3n) is 4.43. The number of hydrogen-bond acceptors (Lipinski definition) is 4. The molecule has 0 amide bonds. The maximum atomic E-state index is 12.8. The Bertz CT molecular complexity index is 606. The van der Waals surface area contributed by atoms with Crippen molar-refractivity contribution in [1.82, 2.24) is 4.98 Å². The van der Waals surface area contributed by atoms with E-state index < -0.39 is 15.7 Å². The molecule has 2 fully saturated rings. The Morgan fingerprint density at radius 2 is 1.85 bits per heavy atom. The third-order valence-corrected chi connectivity index (χ3v) is 7.14. The molecule has 2 aliphatic rings. The van der Waals surface area contributed by atoms with Gasteiger partial charge in [0.25, 0.3) is 0 Å². The number of Topliss-reactive ketones (excluding diaryl/α,β-unsaturated/α-hetero) is 1. The van der Waals surface area contributed by atoms with Gasteiger partial charge in [-0.05, 0) is 37.8 Å². The van der Waals surface area contributed by atoms with Crippen LogP contribution in [0.25, 0.3) is 0 Å². The number of nitrogens with zero attached hydrogens (tertiary/aromatic N) is 1. The SMILES string of the molecule is O=C(c1ccc(F)cn1)C1CC2CCCC(C1)S2(=O)=O. The Morgan fingerprint density at radius 1 is 1.20 bits per heavy atom. The first-order valence-electron chi connectivity index (χ1n) is 6.87. The number of carbonyl (C=O) groups excluding carboxylic acids is 1. The number of rotatable bonds is 2. The molecule has 2 saturated heterocycles. The second-order valence-electron chi connectivity index (χ2n) is 5.66. The molecule has 108 valence electrons. The summed E-state index contributed by atoms with van der Waals surface area (Å²) < 4.78 is 37.2. The van der Waals surface area contributed by atoms with Gasteiger partial charge in [-0.3, -0.25) is 9.78 Å². The molecule has 0 N–H and O–H groups in total. The molecule has 0 aliphatic carbocycles. The normalized spacial score (nSPS) is 31.8. The summed E-state index contributed by atoms with van der Waals surface area (Å²) >= 11 is 0. The van der Waals surface area contributed by atoms with E-state index in [1.54, 1.807) is 0 Å². The average Bonchev–Trinajstić information content (AvgIpc) is 2.37. The van der Waals surface area contributed by atoms with Crippen LogP contribution in [0.3, 0.4) is 0 Å². The zero-order valence-corrected chi connectivity index (χ0v) is 11.8. The van der Waals surface area contributed by atoms with Gasteiger partial charge in [0.15, 0.2) is 15.6 Å². The first-order chi connectivity index (χ1) is 9.48. The Hall–Kier alpha value is -1.30. The largest absolute Gasteiger partial charge is 0.292 e. The number of halogens is 1. The summed E-state index contributed by atoms with van der Waals surface area (Å²) in [5.74, 6) is -0.937. The highest BCUT2D eigenvalue weighted by Crippen LogP contribution is 2.40. The standard InChI is InChI=1S/C14H16FNO3S/c15-10-4-5-13(16-8-10)14(17)9-6-11-2-1-3-12(7-9)20(11,18)19/h4-5,8-9,11-12H,1-3,6-7H2. The van der Waals surface area contributed by atoms with Crippen molar-refractivity contribution in [2.45, 2.75) is 42.6 Å². The first kappa shape index (κ1) is 13.7. The molecule has 2 atom stereocenters. The Labute approximate surface area is 117 Å². The topological polar surface area (TPSA) is 64.1 Å². The minimum absolute atomic E-state index is 0.156. The van der Waals surface area contributed by atoms with E-state index >= 15 is 0 Å². The van der Waals surface area contributed by atoms with Gasteiger partial charge in [-0.1, -0.05) is 6.42 Å². The maximum absolute atomic E-state index is 12.8. The zero-order valence-electron chi connectivity index (χ0n) is 11.0. The molecule has 6 heteroatoms. The van der Waals surface area contributed by atoms with Crippen LogP contribution in [0.4, 0.5) is 4.39 Å². The lowest BCUT2D eigenvalue weighted by Crippen LogP contribution is -2.45. The van der Waals surface area contributed by atoms with Crippen molar-refractivity contribution < 1.29 is 17.6 Å². The summed E-state index contributed by atoms with van der Waals surface area (Å²) in [6.07, 6.45) is 4.02. The summed E-state index contributed by atoms with van der Waals surface area (Å²) in [5, 5.41) is -0.770. The fraction of sp³-hybridized carbons (Fsp3) is 0.571.